The highest BCUT2D eigenvalue weighted by Crippen LogP contribution is 2.13. The molecule has 1 heterocycles. The van der Waals surface area contributed by atoms with E-state index in [0.717, 1.165) is 5.56 Å². The fourth-order valence-electron chi connectivity index (χ4n) is 1.61. The van der Waals surface area contributed by atoms with Gasteiger partial charge in [0.1, 0.15) is 0 Å². The van der Waals surface area contributed by atoms with Crippen molar-refractivity contribution in [3.05, 3.63) is 60.4 Å². The van der Waals surface area contributed by atoms with E-state index in [1.54, 1.807) is 48.8 Å². The lowest BCUT2D eigenvalue weighted by molar-refractivity contribution is -0.111. The van der Waals surface area contributed by atoms with Crippen LogP contribution in [0.1, 0.15) is 5.56 Å². The summed E-state index contributed by atoms with van der Waals surface area (Å²) in [5, 5.41) is 5.14. The van der Waals surface area contributed by atoms with Crippen LogP contribution in [0.15, 0.2) is 54.9 Å². The van der Waals surface area contributed by atoms with E-state index >= 15 is 0 Å². The number of nitrogens with zero attached hydrogens (tertiary/aromatic N) is 1. The summed E-state index contributed by atoms with van der Waals surface area (Å²) in [6, 6.07) is 9.63. The number of rotatable bonds is 4. The molecule has 0 aliphatic rings. The number of carbonyl (C=O) groups is 2. The Kier molecular flexibility index (Phi) is 4.66. The summed E-state index contributed by atoms with van der Waals surface area (Å²) < 4.78 is 0. The van der Waals surface area contributed by atoms with Gasteiger partial charge in [0.05, 0.1) is 0 Å². The Bertz CT molecular complexity index is 651. The predicted octanol–water partition coefficient (Wildman–Crippen LogP) is 2.22. The average molecular weight is 282 g/mol. The molecule has 1 aromatic heterocycles. The Balaban J connectivity index is 1.93. The van der Waals surface area contributed by atoms with E-state index in [2.05, 4.69) is 15.6 Å². The fraction of sp³-hybridized carbons (Fsp3) is 0. The smallest absolute Gasteiger partial charge is 0.316 e. The van der Waals surface area contributed by atoms with E-state index < -0.39 is 6.03 Å². The molecule has 1 aromatic carbocycles. The third kappa shape index (κ3) is 4.79. The Morgan fingerprint density at radius 3 is 2.29 bits per heavy atom. The molecular formula is C15H14N4O2. The normalized spacial score (nSPS) is 10.3. The Labute approximate surface area is 121 Å². The van der Waals surface area contributed by atoms with E-state index in [1.807, 2.05) is 6.07 Å². The van der Waals surface area contributed by atoms with Gasteiger partial charge in [-0.2, -0.15) is 0 Å². The molecule has 0 spiro atoms. The second-order valence-corrected chi connectivity index (χ2v) is 4.18. The highest BCUT2D eigenvalue weighted by atomic mass is 16.2. The van der Waals surface area contributed by atoms with Crippen molar-refractivity contribution in [2.45, 2.75) is 0 Å². The molecule has 0 aliphatic carbocycles. The van der Waals surface area contributed by atoms with Crippen LogP contribution in [0.2, 0.25) is 0 Å². The number of hydrogen-bond donors (Lipinski definition) is 3. The van der Waals surface area contributed by atoms with Gasteiger partial charge in [-0.05, 0) is 42.0 Å². The number of anilines is 2. The summed E-state index contributed by atoms with van der Waals surface area (Å²) in [6.07, 6.45) is 6.42. The summed E-state index contributed by atoms with van der Waals surface area (Å²) in [7, 11) is 0. The van der Waals surface area contributed by atoms with Gasteiger partial charge in [-0.15, -0.1) is 0 Å². The van der Waals surface area contributed by atoms with Crippen LogP contribution in [0.5, 0.6) is 0 Å². The van der Waals surface area contributed by atoms with Gasteiger partial charge in [0.2, 0.25) is 5.91 Å². The van der Waals surface area contributed by atoms with Crippen LogP contribution in [-0.4, -0.2) is 16.9 Å². The molecule has 3 amide bonds. The summed E-state index contributed by atoms with van der Waals surface area (Å²) >= 11 is 0. The number of nitrogens with one attached hydrogen (secondary N) is 2. The molecule has 6 nitrogen and oxygen atoms in total. The molecule has 0 aliphatic heterocycles. The number of pyridine rings is 1. The molecule has 4 N–H and O–H groups in total. The van der Waals surface area contributed by atoms with Crippen LogP contribution >= 0.6 is 0 Å². The van der Waals surface area contributed by atoms with Crippen molar-refractivity contribution >= 4 is 29.4 Å². The SMILES string of the molecule is NC(=O)Nc1ccc(NC(=O)/C=C/c2cccnc2)cc1. The molecule has 106 valence electrons. The van der Waals surface area contributed by atoms with Gasteiger partial charge in [-0.1, -0.05) is 6.07 Å². The Morgan fingerprint density at radius 1 is 1.05 bits per heavy atom. The Morgan fingerprint density at radius 2 is 1.71 bits per heavy atom. The molecule has 0 atom stereocenters. The topological polar surface area (TPSA) is 97.1 Å². The summed E-state index contributed by atoms with van der Waals surface area (Å²) in [4.78, 5) is 26.4. The van der Waals surface area contributed by atoms with Crippen LogP contribution in [0.25, 0.3) is 6.08 Å². The van der Waals surface area contributed by atoms with Gasteiger partial charge in [-0.3, -0.25) is 9.78 Å². The maximum absolute atomic E-state index is 11.7. The first-order valence-corrected chi connectivity index (χ1v) is 6.19. The number of carbonyl (C=O) groups excluding carboxylic acids is 2. The van der Waals surface area contributed by atoms with Gasteiger partial charge in [-0.25, -0.2) is 4.79 Å². The van der Waals surface area contributed by atoms with Crippen molar-refractivity contribution in [3.63, 3.8) is 0 Å². The monoisotopic (exact) mass is 282 g/mol. The molecule has 0 unspecified atom stereocenters. The molecule has 0 bridgehead atoms. The van der Waals surface area contributed by atoms with E-state index in [4.69, 9.17) is 5.73 Å². The molecule has 6 heteroatoms. The van der Waals surface area contributed by atoms with E-state index in [9.17, 15) is 9.59 Å². The number of nitrogens with two attached hydrogens (primary N) is 1. The van der Waals surface area contributed by atoms with Crippen LogP contribution in [0, 0.1) is 0 Å². The predicted molar refractivity (Wildman–Crippen MR) is 81.5 cm³/mol. The highest BCUT2D eigenvalue weighted by molar-refractivity contribution is 6.02. The quantitative estimate of drug-likeness (QED) is 0.750. The van der Waals surface area contributed by atoms with Crippen LogP contribution in [0.3, 0.4) is 0 Å². The zero-order chi connectivity index (χ0) is 15.1. The van der Waals surface area contributed by atoms with Gasteiger partial charge < -0.3 is 16.4 Å². The third-order valence-electron chi connectivity index (χ3n) is 2.53. The number of amides is 3. The number of aromatic nitrogens is 1. The maximum atomic E-state index is 11.7. The summed E-state index contributed by atoms with van der Waals surface area (Å²) in [5.41, 5.74) is 7.02. The zero-order valence-corrected chi connectivity index (χ0v) is 11.1. The third-order valence-corrected chi connectivity index (χ3v) is 2.53. The zero-order valence-electron chi connectivity index (χ0n) is 11.1. The first-order chi connectivity index (χ1) is 10.1. The number of urea groups is 1. The standard InChI is InChI=1S/C15H14N4O2/c16-15(21)19-13-6-4-12(5-7-13)18-14(20)8-3-11-2-1-9-17-10-11/h1-10H,(H,18,20)(H3,16,19,21)/b8-3+. The fourth-order valence-corrected chi connectivity index (χ4v) is 1.61. The van der Waals surface area contributed by atoms with Crippen molar-refractivity contribution in [3.8, 4) is 0 Å². The number of hydrogen-bond acceptors (Lipinski definition) is 3. The molecule has 0 saturated carbocycles. The molecular weight excluding hydrogens is 268 g/mol. The van der Waals surface area contributed by atoms with E-state index in [-0.39, 0.29) is 5.91 Å². The van der Waals surface area contributed by atoms with Crippen molar-refractivity contribution in [1.82, 2.24) is 4.98 Å². The van der Waals surface area contributed by atoms with Gasteiger partial charge in [0.25, 0.3) is 0 Å². The van der Waals surface area contributed by atoms with Crippen molar-refractivity contribution < 1.29 is 9.59 Å². The largest absolute Gasteiger partial charge is 0.351 e. The lowest BCUT2D eigenvalue weighted by Crippen LogP contribution is -2.19. The molecule has 21 heavy (non-hydrogen) atoms. The average Bonchev–Trinajstić information content (AvgIpc) is 2.48. The molecule has 0 radical (unpaired) electrons. The van der Waals surface area contributed by atoms with Crippen molar-refractivity contribution in [2.75, 3.05) is 10.6 Å². The summed E-state index contributed by atoms with van der Waals surface area (Å²) in [5.74, 6) is -0.255. The van der Waals surface area contributed by atoms with Crippen molar-refractivity contribution in [2.24, 2.45) is 5.73 Å². The minimum Gasteiger partial charge on any atom is -0.351 e. The molecule has 2 aromatic rings. The van der Waals surface area contributed by atoms with Crippen molar-refractivity contribution in [1.29, 1.82) is 0 Å². The lowest BCUT2D eigenvalue weighted by atomic mass is 10.2. The van der Waals surface area contributed by atoms with Crippen LogP contribution in [0.4, 0.5) is 16.2 Å². The minimum atomic E-state index is -0.633. The van der Waals surface area contributed by atoms with Gasteiger partial charge in [0.15, 0.2) is 0 Å². The number of benzene rings is 1. The first kappa shape index (κ1) is 14.3. The van der Waals surface area contributed by atoms with Crippen LogP contribution < -0.4 is 16.4 Å². The molecule has 0 fully saturated rings. The molecule has 2 rings (SSSR count). The van der Waals surface area contributed by atoms with E-state index in [1.165, 1.54) is 6.08 Å². The summed E-state index contributed by atoms with van der Waals surface area (Å²) in [6.45, 7) is 0. The minimum absolute atomic E-state index is 0.255. The van der Waals surface area contributed by atoms with Crippen LogP contribution in [-0.2, 0) is 4.79 Å². The maximum Gasteiger partial charge on any atom is 0.316 e. The second kappa shape index (κ2) is 6.85. The number of primary amides is 1. The van der Waals surface area contributed by atoms with Gasteiger partial charge in [0, 0.05) is 29.8 Å². The van der Waals surface area contributed by atoms with E-state index in [0.29, 0.717) is 11.4 Å². The Hall–Kier alpha value is -3.15. The second-order valence-electron chi connectivity index (χ2n) is 4.18. The lowest BCUT2D eigenvalue weighted by Gasteiger charge is -2.04. The van der Waals surface area contributed by atoms with Gasteiger partial charge >= 0.3 is 6.03 Å². The highest BCUT2D eigenvalue weighted by Gasteiger charge is 1.99. The first-order valence-electron chi connectivity index (χ1n) is 6.19. The molecule has 0 saturated heterocycles.